The molecule has 0 radical (unpaired) electrons. The van der Waals surface area contributed by atoms with Crippen LogP contribution in [0.4, 0.5) is 5.13 Å². The summed E-state index contributed by atoms with van der Waals surface area (Å²) in [7, 11) is 1.53. The highest BCUT2D eigenvalue weighted by atomic mass is 32.1. The Bertz CT molecular complexity index is 1570. The molecule has 1 saturated heterocycles. The van der Waals surface area contributed by atoms with Crippen LogP contribution in [0.5, 0.6) is 11.5 Å². The number of hydrogen-bond donors (Lipinski definition) is 1. The minimum atomic E-state index is -0.910. The number of rotatable bonds is 7. The van der Waals surface area contributed by atoms with E-state index < -0.39 is 17.7 Å². The number of carbonyl (C=O) groups excluding carboxylic acids is 2. The molecule has 0 saturated carbocycles. The van der Waals surface area contributed by atoms with Gasteiger partial charge < -0.3 is 14.6 Å². The van der Waals surface area contributed by atoms with E-state index >= 15 is 0 Å². The Morgan fingerprint density at radius 3 is 2.47 bits per heavy atom. The fourth-order valence-corrected chi connectivity index (χ4v) is 5.68. The number of ether oxygens (including phenoxy) is 2. The van der Waals surface area contributed by atoms with Crippen molar-refractivity contribution in [3.63, 3.8) is 0 Å². The van der Waals surface area contributed by atoms with Gasteiger partial charge in [-0.3, -0.25) is 14.5 Å². The predicted octanol–water partition coefficient (Wildman–Crippen LogP) is 6.20. The Balaban J connectivity index is 1.72. The number of anilines is 1. The number of hydrogen-bond acceptors (Lipinski definition) is 7. The highest BCUT2D eigenvalue weighted by Gasteiger charge is 2.48. The normalized spacial score (nSPS) is 16.8. The van der Waals surface area contributed by atoms with Crippen LogP contribution in [0.15, 0.2) is 66.2 Å². The second-order valence-electron chi connectivity index (χ2n) is 9.03. The van der Waals surface area contributed by atoms with Gasteiger partial charge in [0.25, 0.3) is 5.78 Å². The number of benzene rings is 3. The maximum atomic E-state index is 13.6. The molecule has 5 rings (SSSR count). The molecule has 8 heteroatoms. The van der Waals surface area contributed by atoms with Gasteiger partial charge >= 0.3 is 5.91 Å². The molecule has 4 aromatic rings. The van der Waals surface area contributed by atoms with E-state index in [0.717, 1.165) is 27.8 Å². The van der Waals surface area contributed by atoms with Crippen LogP contribution in [0.25, 0.3) is 16.0 Å². The number of methoxy groups -OCH3 is 1. The third-order valence-corrected chi connectivity index (χ3v) is 7.65. The zero-order chi connectivity index (χ0) is 27.0. The topological polar surface area (TPSA) is 89.0 Å². The molecule has 2 heterocycles. The van der Waals surface area contributed by atoms with Crippen LogP contribution in [0.1, 0.15) is 42.1 Å². The summed E-state index contributed by atoms with van der Waals surface area (Å²) in [5.41, 5.74) is 3.95. The van der Waals surface area contributed by atoms with Crippen LogP contribution in [-0.2, 0) is 16.0 Å². The number of aliphatic hydroxyl groups excluding tert-OH is 1. The van der Waals surface area contributed by atoms with Crippen molar-refractivity contribution < 1.29 is 24.2 Å². The quantitative estimate of drug-likeness (QED) is 0.175. The van der Waals surface area contributed by atoms with Crippen LogP contribution in [0.2, 0.25) is 0 Å². The molecule has 194 valence electrons. The number of aromatic nitrogens is 1. The molecule has 3 aromatic carbocycles. The van der Waals surface area contributed by atoms with Gasteiger partial charge in [-0.1, -0.05) is 60.2 Å². The largest absolute Gasteiger partial charge is 0.507 e. The molecule has 38 heavy (non-hydrogen) atoms. The first-order valence-corrected chi connectivity index (χ1v) is 13.3. The van der Waals surface area contributed by atoms with Crippen molar-refractivity contribution in [3.8, 4) is 11.5 Å². The van der Waals surface area contributed by atoms with E-state index in [1.54, 1.807) is 30.3 Å². The first kappa shape index (κ1) is 25.5. The van der Waals surface area contributed by atoms with Crippen LogP contribution in [0, 0.1) is 6.92 Å². The predicted molar refractivity (Wildman–Crippen MR) is 149 cm³/mol. The second-order valence-corrected chi connectivity index (χ2v) is 10.0. The van der Waals surface area contributed by atoms with Crippen LogP contribution >= 0.6 is 11.3 Å². The lowest BCUT2D eigenvalue weighted by atomic mass is 9.95. The minimum absolute atomic E-state index is 0.00132. The highest BCUT2D eigenvalue weighted by molar-refractivity contribution is 7.22. The third kappa shape index (κ3) is 4.41. The molecule has 1 aliphatic heterocycles. The summed E-state index contributed by atoms with van der Waals surface area (Å²) in [6, 6.07) is 17.5. The Morgan fingerprint density at radius 1 is 1.03 bits per heavy atom. The molecule has 7 nitrogen and oxygen atoms in total. The first-order chi connectivity index (χ1) is 18.4. The summed E-state index contributed by atoms with van der Waals surface area (Å²) in [6.07, 6.45) is 0.871. The van der Waals surface area contributed by atoms with Crippen molar-refractivity contribution >= 4 is 44.1 Å². The number of ketones is 1. The fourth-order valence-electron chi connectivity index (χ4n) is 4.62. The van der Waals surface area contributed by atoms with E-state index in [0.29, 0.717) is 34.4 Å². The first-order valence-electron chi connectivity index (χ1n) is 12.4. The van der Waals surface area contributed by atoms with Gasteiger partial charge in [0.1, 0.15) is 5.76 Å². The van der Waals surface area contributed by atoms with Crippen molar-refractivity contribution in [2.75, 3.05) is 18.6 Å². The summed E-state index contributed by atoms with van der Waals surface area (Å²) in [6.45, 7) is 6.34. The summed E-state index contributed by atoms with van der Waals surface area (Å²) < 4.78 is 12.1. The minimum Gasteiger partial charge on any atom is -0.507 e. The van der Waals surface area contributed by atoms with Gasteiger partial charge in [0, 0.05) is 5.56 Å². The van der Waals surface area contributed by atoms with Gasteiger partial charge in [0.15, 0.2) is 16.6 Å². The molecule has 1 aromatic heterocycles. The molecule has 1 atom stereocenters. The summed E-state index contributed by atoms with van der Waals surface area (Å²) >= 11 is 1.34. The van der Waals surface area contributed by atoms with E-state index in [1.807, 2.05) is 44.2 Å². The van der Waals surface area contributed by atoms with E-state index in [4.69, 9.17) is 14.5 Å². The zero-order valence-corrected chi connectivity index (χ0v) is 22.5. The van der Waals surface area contributed by atoms with E-state index in [1.165, 1.54) is 23.3 Å². The van der Waals surface area contributed by atoms with Gasteiger partial charge in [-0.25, -0.2) is 4.98 Å². The maximum Gasteiger partial charge on any atom is 0.301 e. The van der Waals surface area contributed by atoms with Crippen LogP contribution in [-0.4, -0.2) is 35.5 Å². The number of aryl methyl sites for hydroxylation is 2. The standard InChI is InChI=1S/C30H28N2O5S/c1-5-18-9-13-21-24(15-18)38-30(31-21)32-26(20-12-14-22(37-6-2)23(16-20)36-4)25(28(34)29(32)35)27(33)19-10-7-17(3)8-11-19/h7-16,26,33H,5-6H2,1-4H3/t26-/m1/s1. The van der Waals surface area contributed by atoms with E-state index in [9.17, 15) is 14.7 Å². The van der Waals surface area contributed by atoms with Gasteiger partial charge in [-0.05, 0) is 55.7 Å². The summed E-state index contributed by atoms with van der Waals surface area (Å²) in [5, 5.41) is 11.8. The number of thiazole rings is 1. The molecule has 0 aliphatic carbocycles. The van der Waals surface area contributed by atoms with Crippen molar-refractivity contribution in [3.05, 3.63) is 88.5 Å². The number of amides is 1. The zero-order valence-electron chi connectivity index (χ0n) is 21.6. The number of Topliss-reactive ketones (excluding diaryl/α,β-unsaturated/α-hetero) is 1. The van der Waals surface area contributed by atoms with Gasteiger partial charge in [-0.15, -0.1) is 0 Å². The molecule has 1 amide bonds. The lowest BCUT2D eigenvalue weighted by Crippen LogP contribution is -2.29. The molecular weight excluding hydrogens is 500 g/mol. The molecule has 1 N–H and O–H groups in total. The average Bonchev–Trinajstić information content (AvgIpc) is 3.46. The van der Waals surface area contributed by atoms with Gasteiger partial charge in [-0.2, -0.15) is 0 Å². The second kappa shape index (κ2) is 10.3. The van der Waals surface area contributed by atoms with Crippen molar-refractivity contribution in [1.29, 1.82) is 0 Å². The van der Waals surface area contributed by atoms with Crippen molar-refractivity contribution in [1.82, 2.24) is 4.98 Å². The Kier molecular flexibility index (Phi) is 6.91. The number of aliphatic hydroxyl groups is 1. The average molecular weight is 529 g/mol. The van der Waals surface area contributed by atoms with Gasteiger partial charge in [0.2, 0.25) is 0 Å². The van der Waals surface area contributed by atoms with Crippen LogP contribution < -0.4 is 14.4 Å². The summed E-state index contributed by atoms with van der Waals surface area (Å²) in [4.78, 5) is 33.2. The Labute approximate surface area is 225 Å². The number of fused-ring (bicyclic) bond motifs is 1. The lowest BCUT2D eigenvalue weighted by Gasteiger charge is -2.24. The molecule has 1 aliphatic rings. The SMILES string of the molecule is CCOc1ccc([C@@H]2C(=C(O)c3ccc(C)cc3)C(=O)C(=O)N2c2nc3ccc(CC)cc3s2)cc1OC. The van der Waals surface area contributed by atoms with E-state index in [2.05, 4.69) is 6.92 Å². The summed E-state index contributed by atoms with van der Waals surface area (Å²) in [5.74, 6) is -0.748. The highest BCUT2D eigenvalue weighted by Crippen LogP contribution is 2.46. The third-order valence-electron chi connectivity index (χ3n) is 6.63. The van der Waals surface area contributed by atoms with Gasteiger partial charge in [0.05, 0.1) is 35.5 Å². The molecule has 0 spiro atoms. The Hall–Kier alpha value is -4.17. The van der Waals surface area contributed by atoms with Crippen molar-refractivity contribution in [2.45, 2.75) is 33.2 Å². The number of carbonyl (C=O) groups is 2. The molecule has 0 bridgehead atoms. The maximum absolute atomic E-state index is 13.6. The van der Waals surface area contributed by atoms with Crippen LogP contribution in [0.3, 0.4) is 0 Å². The molecule has 0 unspecified atom stereocenters. The van der Waals surface area contributed by atoms with Crippen molar-refractivity contribution in [2.24, 2.45) is 0 Å². The smallest absolute Gasteiger partial charge is 0.301 e. The Morgan fingerprint density at radius 2 is 1.79 bits per heavy atom. The monoisotopic (exact) mass is 528 g/mol. The molecular formula is C30H28N2O5S. The number of nitrogens with zero attached hydrogens (tertiary/aromatic N) is 2. The molecule has 1 fully saturated rings. The lowest BCUT2D eigenvalue weighted by molar-refractivity contribution is -0.132. The van der Waals surface area contributed by atoms with E-state index in [-0.39, 0.29) is 11.3 Å². The fraction of sp³-hybridized carbons (Fsp3) is 0.233.